The molecule has 1 atom stereocenters. The molecule has 1 aromatic carbocycles. The molecule has 1 aromatic rings. The summed E-state index contributed by atoms with van der Waals surface area (Å²) >= 11 is 0. The predicted molar refractivity (Wildman–Crippen MR) is 105 cm³/mol. The number of anilines is 1. The van der Waals surface area contributed by atoms with E-state index in [-0.39, 0.29) is 17.9 Å². The van der Waals surface area contributed by atoms with Gasteiger partial charge in [-0.1, -0.05) is 0 Å². The van der Waals surface area contributed by atoms with Gasteiger partial charge in [0.05, 0.1) is 23.8 Å². The lowest BCUT2D eigenvalue weighted by Gasteiger charge is -2.36. The van der Waals surface area contributed by atoms with Gasteiger partial charge < -0.3 is 24.5 Å². The van der Waals surface area contributed by atoms with E-state index in [2.05, 4.69) is 0 Å². The Balaban J connectivity index is 2.07. The summed E-state index contributed by atoms with van der Waals surface area (Å²) in [5, 5.41) is 9.83. The molecule has 0 bridgehead atoms. The van der Waals surface area contributed by atoms with Crippen molar-refractivity contribution in [1.82, 2.24) is 9.80 Å². The quantitative estimate of drug-likeness (QED) is 0.815. The van der Waals surface area contributed by atoms with E-state index < -0.39 is 5.60 Å². The van der Waals surface area contributed by atoms with Crippen LogP contribution in [0.2, 0.25) is 0 Å². The molecule has 1 heterocycles. The van der Waals surface area contributed by atoms with Crippen LogP contribution in [0.15, 0.2) is 18.2 Å². The number of ether oxygens (including phenoxy) is 1. The summed E-state index contributed by atoms with van der Waals surface area (Å²) in [6.07, 6.45) is 0.829. The van der Waals surface area contributed by atoms with Crippen molar-refractivity contribution in [2.75, 3.05) is 46.2 Å². The minimum absolute atomic E-state index is 0.00340. The first-order chi connectivity index (χ1) is 12.5. The molecule has 0 saturated carbocycles. The zero-order chi connectivity index (χ0) is 20.4. The van der Waals surface area contributed by atoms with E-state index in [1.807, 2.05) is 18.0 Å². The Morgan fingerprint density at radius 3 is 2.56 bits per heavy atom. The van der Waals surface area contributed by atoms with Crippen molar-refractivity contribution in [3.63, 3.8) is 0 Å². The highest BCUT2D eigenvalue weighted by atomic mass is 16.5. The summed E-state index contributed by atoms with van der Waals surface area (Å²) in [5.74, 6) is 0.645. The average molecular weight is 377 g/mol. The number of hydrogen-bond acceptors (Lipinski definition) is 5. The fourth-order valence-corrected chi connectivity index (χ4v) is 2.92. The molecule has 0 aliphatic carbocycles. The van der Waals surface area contributed by atoms with Gasteiger partial charge in [-0.2, -0.15) is 0 Å². The summed E-state index contributed by atoms with van der Waals surface area (Å²) in [7, 11) is 7.10. The highest BCUT2D eigenvalue weighted by Gasteiger charge is 2.29. The largest absolute Gasteiger partial charge is 0.489 e. The Labute approximate surface area is 161 Å². The van der Waals surface area contributed by atoms with Crippen molar-refractivity contribution < 1.29 is 19.4 Å². The van der Waals surface area contributed by atoms with E-state index in [4.69, 9.17) is 4.74 Å². The molecule has 0 aromatic heterocycles. The van der Waals surface area contributed by atoms with Gasteiger partial charge >= 0.3 is 0 Å². The number of fused-ring (bicyclic) bond motifs is 1. The molecule has 7 heteroatoms. The monoisotopic (exact) mass is 377 g/mol. The van der Waals surface area contributed by atoms with Crippen LogP contribution < -0.4 is 9.64 Å². The maximum absolute atomic E-state index is 12.6. The summed E-state index contributed by atoms with van der Waals surface area (Å²) in [4.78, 5) is 30.0. The first-order valence-corrected chi connectivity index (χ1v) is 9.17. The zero-order valence-electron chi connectivity index (χ0n) is 17.2. The molecule has 150 valence electrons. The van der Waals surface area contributed by atoms with Gasteiger partial charge in [-0.05, 0) is 38.5 Å². The van der Waals surface area contributed by atoms with Crippen molar-refractivity contribution >= 4 is 17.5 Å². The van der Waals surface area contributed by atoms with E-state index in [9.17, 15) is 14.7 Å². The highest BCUT2D eigenvalue weighted by Crippen LogP contribution is 2.34. The number of nitrogens with zero attached hydrogens (tertiary/aromatic N) is 3. The molecule has 7 nitrogen and oxygen atoms in total. The van der Waals surface area contributed by atoms with Crippen LogP contribution in [0.5, 0.6) is 5.75 Å². The lowest BCUT2D eigenvalue weighted by Crippen LogP contribution is -2.44. The third kappa shape index (κ3) is 5.35. The average Bonchev–Trinajstić information content (AvgIpc) is 2.60. The standard InChI is InChI=1S/C20H31N3O4/c1-20(2,26)9-10-22(5)18(24)12-15-13-27-17-8-7-14(19(25)21(3)4)11-16(17)23(15)6/h7-8,11,15,26H,9-10,12-13H2,1-6H3/t15-/m1/s1. The molecule has 2 rings (SSSR count). The van der Waals surface area contributed by atoms with Crippen molar-refractivity contribution in [2.45, 2.75) is 38.3 Å². The minimum atomic E-state index is -0.798. The van der Waals surface area contributed by atoms with Crippen LogP contribution in [-0.2, 0) is 4.79 Å². The van der Waals surface area contributed by atoms with E-state index in [0.717, 1.165) is 5.69 Å². The molecule has 2 amide bonds. The van der Waals surface area contributed by atoms with Crippen molar-refractivity contribution in [2.24, 2.45) is 0 Å². The second-order valence-electron chi connectivity index (χ2n) is 8.04. The van der Waals surface area contributed by atoms with Crippen molar-refractivity contribution in [3.05, 3.63) is 23.8 Å². The van der Waals surface area contributed by atoms with E-state index in [1.165, 1.54) is 4.90 Å². The third-order valence-corrected chi connectivity index (χ3v) is 4.87. The number of benzene rings is 1. The van der Waals surface area contributed by atoms with E-state index in [1.54, 1.807) is 52.0 Å². The second-order valence-corrected chi connectivity index (χ2v) is 8.04. The van der Waals surface area contributed by atoms with Gasteiger partial charge in [0, 0.05) is 40.3 Å². The smallest absolute Gasteiger partial charge is 0.253 e. The van der Waals surface area contributed by atoms with Gasteiger partial charge in [0.15, 0.2) is 0 Å². The normalized spacial score (nSPS) is 16.4. The van der Waals surface area contributed by atoms with Gasteiger partial charge in [-0.15, -0.1) is 0 Å². The van der Waals surface area contributed by atoms with Gasteiger partial charge in [-0.3, -0.25) is 9.59 Å². The number of carbonyl (C=O) groups excluding carboxylic acids is 2. The number of rotatable bonds is 6. The van der Waals surface area contributed by atoms with Gasteiger partial charge in [0.1, 0.15) is 12.4 Å². The molecular formula is C20H31N3O4. The summed E-state index contributed by atoms with van der Waals surface area (Å²) in [6.45, 7) is 4.38. The first-order valence-electron chi connectivity index (χ1n) is 9.17. The van der Waals surface area contributed by atoms with Crippen LogP contribution in [0.4, 0.5) is 5.69 Å². The van der Waals surface area contributed by atoms with Gasteiger partial charge in [-0.25, -0.2) is 0 Å². The van der Waals surface area contributed by atoms with Crippen LogP contribution in [0.1, 0.15) is 37.0 Å². The summed E-state index contributed by atoms with van der Waals surface area (Å²) in [6, 6.07) is 5.26. The molecule has 0 unspecified atom stereocenters. The number of aliphatic hydroxyl groups is 1. The van der Waals surface area contributed by atoms with Gasteiger partial charge in [0.2, 0.25) is 5.91 Å². The Morgan fingerprint density at radius 1 is 1.30 bits per heavy atom. The number of likely N-dealkylation sites (N-methyl/N-ethyl adjacent to an activating group) is 1. The maximum Gasteiger partial charge on any atom is 0.253 e. The van der Waals surface area contributed by atoms with E-state index >= 15 is 0 Å². The minimum Gasteiger partial charge on any atom is -0.489 e. The molecular weight excluding hydrogens is 346 g/mol. The lowest BCUT2D eigenvalue weighted by atomic mass is 10.0. The summed E-state index contributed by atoms with van der Waals surface area (Å²) < 4.78 is 5.82. The molecule has 0 radical (unpaired) electrons. The molecule has 0 saturated heterocycles. The third-order valence-electron chi connectivity index (χ3n) is 4.87. The van der Waals surface area contributed by atoms with Crippen molar-refractivity contribution in [1.29, 1.82) is 0 Å². The highest BCUT2D eigenvalue weighted by molar-refractivity contribution is 5.95. The van der Waals surface area contributed by atoms with Crippen LogP contribution in [0.25, 0.3) is 0 Å². The first kappa shape index (κ1) is 21.0. The van der Waals surface area contributed by atoms with Crippen LogP contribution >= 0.6 is 0 Å². The molecule has 1 aliphatic rings. The number of carbonyl (C=O) groups is 2. The SMILES string of the molecule is CN(C)C(=O)c1ccc2c(c1)N(C)[C@H](CC(=O)N(C)CCC(C)(C)O)CO2. The molecule has 27 heavy (non-hydrogen) atoms. The zero-order valence-corrected chi connectivity index (χ0v) is 17.2. The molecule has 0 spiro atoms. The van der Waals surface area contributed by atoms with Crippen LogP contribution in [-0.4, -0.2) is 79.7 Å². The molecule has 0 fully saturated rings. The van der Waals surface area contributed by atoms with Crippen LogP contribution in [0.3, 0.4) is 0 Å². The number of amides is 2. The molecule has 1 aliphatic heterocycles. The Morgan fingerprint density at radius 2 is 1.96 bits per heavy atom. The fraction of sp³-hybridized carbons (Fsp3) is 0.600. The van der Waals surface area contributed by atoms with Crippen LogP contribution in [0, 0.1) is 0 Å². The molecule has 1 N–H and O–H groups in total. The van der Waals surface area contributed by atoms with E-state index in [0.29, 0.717) is 37.3 Å². The predicted octanol–water partition coefficient (Wildman–Crippen LogP) is 1.60. The summed E-state index contributed by atoms with van der Waals surface area (Å²) in [5.41, 5.74) is 0.600. The maximum atomic E-state index is 12.6. The Hall–Kier alpha value is -2.28. The topological polar surface area (TPSA) is 73.3 Å². The van der Waals surface area contributed by atoms with Crippen molar-refractivity contribution in [3.8, 4) is 5.75 Å². The Bertz CT molecular complexity index is 697. The number of hydrogen-bond donors (Lipinski definition) is 1. The lowest BCUT2D eigenvalue weighted by molar-refractivity contribution is -0.131. The fourth-order valence-electron chi connectivity index (χ4n) is 2.92. The second kappa shape index (κ2) is 8.17. The van der Waals surface area contributed by atoms with Gasteiger partial charge in [0.25, 0.3) is 5.91 Å². The Kier molecular flexibility index (Phi) is 6.36.